The summed E-state index contributed by atoms with van der Waals surface area (Å²) in [5.74, 6) is 0.903. The molecule has 2 N–H and O–H groups in total. The Kier molecular flexibility index (Phi) is 30.9. The van der Waals surface area contributed by atoms with Crippen LogP contribution in [0, 0.1) is 49.7 Å². The second kappa shape index (κ2) is 37.4. The van der Waals surface area contributed by atoms with Gasteiger partial charge in [0.05, 0.1) is 48.1 Å². The lowest BCUT2D eigenvalue weighted by molar-refractivity contribution is -0.152. The zero-order chi connectivity index (χ0) is 75.2. The number of carbonyl (C=O) groups is 4. The molecule has 10 atom stereocenters. The van der Waals surface area contributed by atoms with Gasteiger partial charge >= 0.3 is 24.1 Å². The molecule has 5 saturated heterocycles. The first kappa shape index (κ1) is 84.1. The number of anilines is 2. The van der Waals surface area contributed by atoms with E-state index >= 15 is 0 Å². The van der Waals surface area contributed by atoms with Crippen molar-refractivity contribution >= 4 is 90.6 Å². The number of esters is 2. The van der Waals surface area contributed by atoms with Gasteiger partial charge in [0.1, 0.15) is 55.7 Å². The second-order valence-corrected chi connectivity index (χ2v) is 37.4. The van der Waals surface area contributed by atoms with Crippen LogP contribution in [0.1, 0.15) is 139 Å². The predicted octanol–water partition coefficient (Wildman–Crippen LogP) is 11.8. The molecular weight excluding hydrogens is 1460 g/mol. The van der Waals surface area contributed by atoms with Crippen LogP contribution in [0.15, 0.2) is 77.8 Å². The van der Waals surface area contributed by atoms with E-state index in [0.717, 1.165) is 53.7 Å². The Hall–Kier alpha value is -5.13. The van der Waals surface area contributed by atoms with Gasteiger partial charge in [-0.2, -0.15) is 0 Å². The average molecular weight is 1580 g/mol. The molecule has 0 aliphatic carbocycles. The third kappa shape index (κ3) is 25.3. The average Bonchev–Trinajstić information content (AvgIpc) is 1.63. The summed E-state index contributed by atoms with van der Waals surface area (Å²) in [4.78, 5) is 63.5. The van der Waals surface area contributed by atoms with Crippen LogP contribution in [0.2, 0.25) is 12.6 Å². The maximum Gasteiger partial charge on any atom is 0.410 e. The van der Waals surface area contributed by atoms with Crippen LogP contribution < -0.4 is 9.80 Å². The van der Waals surface area contributed by atoms with Gasteiger partial charge < -0.3 is 58.6 Å². The van der Waals surface area contributed by atoms with Crippen LogP contribution in [-0.4, -0.2) is 230 Å². The number of halogens is 3. The molecule has 0 unspecified atom stereocenters. The van der Waals surface area contributed by atoms with E-state index in [4.69, 9.17) is 18.9 Å². The standard InChI is InChI=1S/C34H50FN3O7S.C30H51BN2O5.C12H15FINO2S/c1-23-6-8-30(39)22-32(40)45-33(24(2)7-9-31(23)44-34(41)38-14-12-36(4)13-15-38)25(3)18-26-19-27(35)21-29(20-26)37(5)28-10-16-46(42,43)17-11-28;1-21-9-11-24(34)17-26(35)38-27(23(3)18-31-19-29(4,5)30(6,7)20-31)22(2)10-12-25(21)37-28(36)33-15-13-32(8)14-16-33;1-15(11-2-4-18(16,17)5-3-11)12-7-9(13)6-10(14)8-12/h7,9,18-21,23-24,28,30-31,33,39H,6,8,10-17,22H2,1-5H3;10,12,18,21-22,24-25,27,34H,9,11,13-17,19-20H2,1-8H3;6-8,11H,2-5H2,1H3/b9-7+,25-18+;12-10+,23-18+;/t23-,24-,30+,31-,33-;21-,22-,24+,25-,27-;/m00./s1. The normalized spacial score (nSPS) is 29.6. The fourth-order valence-electron chi connectivity index (χ4n) is 14.7. The molecule has 26 heteroatoms. The number of aliphatic hydroxyl groups is 2. The van der Waals surface area contributed by atoms with Crippen LogP contribution in [0.4, 0.5) is 29.7 Å². The summed E-state index contributed by atoms with van der Waals surface area (Å²) in [6.45, 7) is 27.3. The Morgan fingerprint density at radius 1 is 0.578 bits per heavy atom. The number of hydrogen-bond acceptors (Lipinski definition) is 18. The Balaban J connectivity index is 0.000000233. The molecule has 9 rings (SSSR count). The number of piperazine rings is 2. The van der Waals surface area contributed by atoms with Crippen molar-refractivity contribution in [2.75, 3.05) is 113 Å². The molecule has 102 heavy (non-hydrogen) atoms. The molecule has 7 heterocycles. The lowest BCUT2D eigenvalue weighted by atomic mass is 9.46. The van der Waals surface area contributed by atoms with E-state index in [1.54, 1.807) is 15.9 Å². The molecule has 0 spiro atoms. The lowest BCUT2D eigenvalue weighted by Crippen LogP contribution is -2.48. The Morgan fingerprint density at radius 2 is 0.961 bits per heavy atom. The van der Waals surface area contributed by atoms with Gasteiger partial charge in [-0.1, -0.05) is 86.3 Å². The van der Waals surface area contributed by atoms with Crippen molar-refractivity contribution in [2.24, 2.45) is 34.5 Å². The van der Waals surface area contributed by atoms with Crippen LogP contribution in [0.25, 0.3) is 6.08 Å². The maximum atomic E-state index is 14.9. The Bertz CT molecular complexity index is 3460. The molecule has 2 amide bonds. The molecule has 5 fully saturated rings. The molecule has 7 aliphatic rings. The number of benzene rings is 2. The highest BCUT2D eigenvalue weighted by atomic mass is 127. The van der Waals surface area contributed by atoms with Crippen LogP contribution >= 0.6 is 22.6 Å². The van der Waals surface area contributed by atoms with E-state index in [9.17, 15) is 55.0 Å². The quantitative estimate of drug-likeness (QED) is 0.0740. The highest BCUT2D eigenvalue weighted by molar-refractivity contribution is 14.1. The van der Waals surface area contributed by atoms with E-state index in [-0.39, 0.29) is 106 Å². The number of nitrogens with zero attached hydrogens (tertiary/aromatic N) is 6. The second-order valence-electron chi connectivity index (χ2n) is 31.5. The predicted molar refractivity (Wildman–Crippen MR) is 409 cm³/mol. The minimum atomic E-state index is -3.02. The molecule has 0 aromatic heterocycles. The molecule has 0 bridgehead atoms. The number of sulfone groups is 2. The van der Waals surface area contributed by atoms with Crippen LogP contribution in [0.3, 0.4) is 0 Å². The molecule has 0 saturated carbocycles. The van der Waals surface area contributed by atoms with Gasteiger partial charge in [-0.05, 0) is 190 Å². The number of aliphatic hydroxyl groups excluding tert-OH is 2. The Labute approximate surface area is 621 Å². The van der Waals surface area contributed by atoms with Gasteiger partial charge in [0, 0.05) is 105 Å². The summed E-state index contributed by atoms with van der Waals surface area (Å²) >= 11 is 2.08. The Morgan fingerprint density at radius 3 is 1.36 bits per heavy atom. The third-order valence-corrected chi connectivity index (χ3v) is 26.4. The summed E-state index contributed by atoms with van der Waals surface area (Å²) in [6, 6.07) is 9.71. The van der Waals surface area contributed by atoms with Crippen LogP contribution in [-0.2, 0) is 48.2 Å². The molecule has 2 aromatic rings. The van der Waals surface area contributed by atoms with Gasteiger partial charge in [0.25, 0.3) is 0 Å². The van der Waals surface area contributed by atoms with Crippen LogP contribution in [0.5, 0.6) is 0 Å². The number of likely N-dealkylation sites (N-methyl/N-ethyl adjacent to an activating group) is 2. The first-order valence-corrected chi connectivity index (χ1v) is 41.4. The molecule has 7 aliphatic heterocycles. The molecular formula is C76H116BF2IN6O14S2. The number of hydrogen-bond donors (Lipinski definition) is 2. The van der Waals surface area contributed by atoms with E-state index in [0.29, 0.717) is 101 Å². The minimum Gasteiger partial charge on any atom is -0.457 e. The highest BCUT2D eigenvalue weighted by Crippen LogP contribution is 2.53. The zero-order valence-corrected chi connectivity index (χ0v) is 66.6. The largest absolute Gasteiger partial charge is 0.457 e. The minimum absolute atomic E-state index is 0.0120. The van der Waals surface area contributed by atoms with E-state index in [1.165, 1.54) is 24.3 Å². The molecule has 570 valence electrons. The number of cyclic esters (lactones) is 2. The first-order valence-electron chi connectivity index (χ1n) is 36.7. The fraction of sp³-hybridized carbons (Fsp3) is 0.684. The van der Waals surface area contributed by atoms with Crippen molar-refractivity contribution in [3.63, 3.8) is 0 Å². The SMILES string of the molecule is C/C(=C\B1CC(C)(C)C(C)(C)C1)[C@H]1OC(=O)C[C@H](O)CC[C@H](C)[C@@H](OC(=O)N2CCN(C)CC2)/C=C/[C@@H]1C.C/C(=C\c1cc(F)cc(N(C)C2CCS(=O)(=O)CC2)c1)[C@H]1OC(=O)C[C@H](O)CC[C@H](C)[C@@H](OC(=O)N2CCN(C)CC2)/C=C/[C@@H]1C.CN(c1cc(F)cc(I)c1)C1CCS(=O)(=O)CC1. The van der Waals surface area contributed by atoms with Crippen molar-refractivity contribution in [3.05, 3.63) is 98.6 Å². The van der Waals surface area contributed by atoms with E-state index in [1.807, 2.05) is 102 Å². The summed E-state index contributed by atoms with van der Waals surface area (Å²) < 4.78 is 99.6. The van der Waals surface area contributed by atoms with Gasteiger partial charge in [0.2, 0.25) is 0 Å². The summed E-state index contributed by atoms with van der Waals surface area (Å²) in [6.07, 6.45) is 11.3. The monoisotopic (exact) mass is 1580 g/mol. The van der Waals surface area contributed by atoms with Crippen molar-refractivity contribution in [1.82, 2.24) is 19.6 Å². The first-order chi connectivity index (χ1) is 47.8. The van der Waals surface area contributed by atoms with Gasteiger partial charge in [0.15, 0.2) is 6.71 Å². The van der Waals surface area contributed by atoms with Gasteiger partial charge in [-0.3, -0.25) is 9.59 Å². The van der Waals surface area contributed by atoms with E-state index in [2.05, 4.69) is 80.0 Å². The van der Waals surface area contributed by atoms with Crippen molar-refractivity contribution in [2.45, 2.75) is 195 Å². The summed E-state index contributed by atoms with van der Waals surface area (Å²) in [5.41, 5.74) is 4.22. The van der Waals surface area contributed by atoms with Crippen molar-refractivity contribution < 1.29 is 74.0 Å². The zero-order valence-electron chi connectivity index (χ0n) is 62.8. The number of carbonyl (C=O) groups excluding carboxylic acids is 4. The lowest BCUT2D eigenvalue weighted by Gasteiger charge is -2.35. The molecule has 20 nitrogen and oxygen atoms in total. The number of amides is 2. The fourth-order valence-corrected chi connectivity index (χ4v) is 18.3. The molecule has 2 aromatic carbocycles. The van der Waals surface area contributed by atoms with Gasteiger partial charge in [-0.15, -0.1) is 5.98 Å². The maximum absolute atomic E-state index is 14.9. The summed E-state index contributed by atoms with van der Waals surface area (Å²) in [7, 11) is 1.94. The topological polar surface area (TPSA) is 233 Å². The van der Waals surface area contributed by atoms with Crippen molar-refractivity contribution in [3.8, 4) is 0 Å². The molecule has 0 radical (unpaired) electrons. The van der Waals surface area contributed by atoms with Crippen molar-refractivity contribution in [1.29, 1.82) is 0 Å². The number of rotatable bonds is 10. The summed E-state index contributed by atoms with van der Waals surface area (Å²) in [5, 5.41) is 21.2. The van der Waals surface area contributed by atoms with Gasteiger partial charge in [-0.25, -0.2) is 35.2 Å². The highest BCUT2D eigenvalue weighted by Gasteiger charge is 2.47. The van der Waals surface area contributed by atoms with E-state index < -0.39 is 68.1 Å². The third-order valence-electron chi connectivity index (χ3n) is 22.4. The smallest absolute Gasteiger partial charge is 0.410 e. The number of ether oxygens (including phenoxy) is 4.